The van der Waals surface area contributed by atoms with E-state index >= 15 is 0 Å². The third-order valence-corrected chi connectivity index (χ3v) is 5.10. The van der Waals surface area contributed by atoms with E-state index in [-0.39, 0.29) is 34.2 Å². The molecule has 9 nitrogen and oxygen atoms in total. The average Bonchev–Trinajstić information content (AvgIpc) is 2.68. The molecule has 3 rings (SSSR count). The summed E-state index contributed by atoms with van der Waals surface area (Å²) in [4.78, 5) is 23.1. The number of alkyl halides is 3. The van der Waals surface area contributed by atoms with Crippen molar-refractivity contribution in [1.29, 1.82) is 0 Å². The molecule has 0 bridgehead atoms. The number of carboxylic acids is 1. The number of primary amides is 1. The second-order valence-electron chi connectivity index (χ2n) is 7.21. The number of piperidine rings is 1. The Hall–Kier alpha value is -3.41. The first-order valence-electron chi connectivity index (χ1n) is 9.29. The van der Waals surface area contributed by atoms with Gasteiger partial charge in [-0.25, -0.2) is 0 Å². The SMILES string of the molecule is Cc1c(-c2ccc(C(F)(F)F)cc2O)nnc(N[C@@H]2CC[C@@H](C(=O)O)NC2)c1C(N)=O. The van der Waals surface area contributed by atoms with Gasteiger partial charge in [-0.15, -0.1) is 10.2 Å². The first-order chi connectivity index (χ1) is 14.5. The van der Waals surface area contributed by atoms with Crippen LogP contribution in [0.3, 0.4) is 0 Å². The van der Waals surface area contributed by atoms with Crippen LogP contribution in [0.4, 0.5) is 19.0 Å². The van der Waals surface area contributed by atoms with Crippen molar-refractivity contribution in [3.05, 3.63) is 34.9 Å². The summed E-state index contributed by atoms with van der Waals surface area (Å²) in [6, 6.07) is 1.50. The first kappa shape index (κ1) is 22.3. The predicted molar refractivity (Wildman–Crippen MR) is 103 cm³/mol. The Kier molecular flexibility index (Phi) is 6.02. The number of amides is 1. The lowest BCUT2D eigenvalue weighted by Crippen LogP contribution is -2.48. The van der Waals surface area contributed by atoms with Crippen molar-refractivity contribution in [3.63, 3.8) is 0 Å². The highest BCUT2D eigenvalue weighted by atomic mass is 19.4. The summed E-state index contributed by atoms with van der Waals surface area (Å²) in [7, 11) is 0. The van der Waals surface area contributed by atoms with E-state index in [4.69, 9.17) is 10.8 Å². The van der Waals surface area contributed by atoms with Gasteiger partial charge in [-0.1, -0.05) is 0 Å². The Bertz CT molecular complexity index is 1020. The first-order valence-corrected chi connectivity index (χ1v) is 9.29. The zero-order valence-corrected chi connectivity index (χ0v) is 16.3. The van der Waals surface area contributed by atoms with Gasteiger partial charge in [-0.2, -0.15) is 13.2 Å². The molecular formula is C19H20F3N5O4. The molecule has 166 valence electrons. The van der Waals surface area contributed by atoms with Crippen molar-refractivity contribution in [1.82, 2.24) is 15.5 Å². The van der Waals surface area contributed by atoms with Gasteiger partial charge in [0.1, 0.15) is 17.5 Å². The highest BCUT2D eigenvalue weighted by Crippen LogP contribution is 2.37. The lowest BCUT2D eigenvalue weighted by Gasteiger charge is -2.29. The number of hydrogen-bond acceptors (Lipinski definition) is 7. The maximum atomic E-state index is 12.8. The second kappa shape index (κ2) is 8.38. The molecule has 6 N–H and O–H groups in total. The van der Waals surface area contributed by atoms with Gasteiger partial charge < -0.3 is 26.6 Å². The van der Waals surface area contributed by atoms with E-state index < -0.39 is 35.4 Å². The van der Waals surface area contributed by atoms with Crippen LogP contribution < -0.4 is 16.4 Å². The van der Waals surface area contributed by atoms with Crippen molar-refractivity contribution in [3.8, 4) is 17.0 Å². The molecule has 1 fully saturated rings. The molecule has 1 aromatic heterocycles. The lowest BCUT2D eigenvalue weighted by atomic mass is 9.98. The minimum Gasteiger partial charge on any atom is -0.507 e. The fourth-order valence-corrected chi connectivity index (χ4v) is 3.47. The van der Waals surface area contributed by atoms with Crippen LogP contribution in [0.2, 0.25) is 0 Å². The van der Waals surface area contributed by atoms with Gasteiger partial charge in [-0.3, -0.25) is 9.59 Å². The summed E-state index contributed by atoms with van der Waals surface area (Å²) in [5, 5.41) is 33.0. The summed E-state index contributed by atoms with van der Waals surface area (Å²) in [5.74, 6) is -2.39. The molecule has 2 atom stereocenters. The predicted octanol–water partition coefficient (Wildman–Crippen LogP) is 1.89. The largest absolute Gasteiger partial charge is 0.507 e. The maximum absolute atomic E-state index is 12.8. The number of aromatic hydroxyl groups is 1. The molecule has 1 aliphatic heterocycles. The number of benzene rings is 1. The molecule has 2 heterocycles. The number of rotatable bonds is 5. The lowest BCUT2D eigenvalue weighted by molar-refractivity contribution is -0.140. The minimum absolute atomic E-state index is 0.0123. The molecule has 1 aromatic carbocycles. The minimum atomic E-state index is -4.63. The zero-order chi connectivity index (χ0) is 22.9. The highest BCUT2D eigenvalue weighted by Gasteiger charge is 2.32. The van der Waals surface area contributed by atoms with Gasteiger partial charge in [0.2, 0.25) is 0 Å². The summed E-state index contributed by atoms with van der Waals surface area (Å²) in [5.41, 5.74) is 4.65. The fourth-order valence-electron chi connectivity index (χ4n) is 3.47. The summed E-state index contributed by atoms with van der Waals surface area (Å²) in [6.07, 6.45) is -3.77. The summed E-state index contributed by atoms with van der Waals surface area (Å²) >= 11 is 0. The molecular weight excluding hydrogens is 419 g/mol. The molecule has 31 heavy (non-hydrogen) atoms. The molecule has 1 aliphatic rings. The van der Waals surface area contributed by atoms with E-state index in [0.29, 0.717) is 25.5 Å². The van der Waals surface area contributed by atoms with Crippen molar-refractivity contribution in [2.45, 2.75) is 38.0 Å². The number of carbonyl (C=O) groups excluding carboxylic acids is 1. The number of nitrogens with two attached hydrogens (primary N) is 1. The Balaban J connectivity index is 1.92. The molecule has 1 amide bonds. The summed E-state index contributed by atoms with van der Waals surface area (Å²) in [6.45, 7) is 1.79. The van der Waals surface area contributed by atoms with E-state index in [2.05, 4.69) is 20.8 Å². The molecule has 0 aliphatic carbocycles. The zero-order valence-electron chi connectivity index (χ0n) is 16.3. The number of nitrogens with zero attached hydrogens (tertiary/aromatic N) is 2. The van der Waals surface area contributed by atoms with E-state index in [1.807, 2.05) is 0 Å². The van der Waals surface area contributed by atoms with Crippen molar-refractivity contribution >= 4 is 17.7 Å². The second-order valence-corrected chi connectivity index (χ2v) is 7.21. The van der Waals surface area contributed by atoms with Crippen molar-refractivity contribution < 1.29 is 33.0 Å². The highest BCUT2D eigenvalue weighted by molar-refractivity contribution is 6.00. The summed E-state index contributed by atoms with van der Waals surface area (Å²) < 4.78 is 38.5. The van der Waals surface area contributed by atoms with Crippen LogP contribution in [0.15, 0.2) is 18.2 Å². The van der Waals surface area contributed by atoms with Crippen LogP contribution in [0, 0.1) is 6.92 Å². The number of halogens is 3. The monoisotopic (exact) mass is 439 g/mol. The molecule has 2 aromatic rings. The van der Waals surface area contributed by atoms with Crippen LogP contribution in [0.25, 0.3) is 11.3 Å². The Labute approximate surface area is 174 Å². The van der Waals surface area contributed by atoms with Gasteiger partial charge in [0.05, 0.1) is 11.1 Å². The normalized spacial score (nSPS) is 19.1. The number of hydrogen-bond donors (Lipinski definition) is 5. The number of carbonyl (C=O) groups is 2. The number of carboxylic acid groups (broad SMARTS) is 1. The Morgan fingerprint density at radius 2 is 1.97 bits per heavy atom. The van der Waals surface area contributed by atoms with Crippen LogP contribution in [-0.4, -0.2) is 50.9 Å². The number of nitrogens with one attached hydrogen (secondary N) is 2. The van der Waals surface area contributed by atoms with Gasteiger partial charge in [0.25, 0.3) is 5.91 Å². The van der Waals surface area contributed by atoms with Crippen LogP contribution in [0.5, 0.6) is 5.75 Å². The number of phenolic OH excluding ortho intramolecular Hbond substituents is 1. The van der Waals surface area contributed by atoms with Crippen LogP contribution in [0.1, 0.15) is 34.3 Å². The molecule has 1 saturated heterocycles. The van der Waals surface area contributed by atoms with Crippen LogP contribution in [-0.2, 0) is 11.0 Å². The van der Waals surface area contributed by atoms with Crippen molar-refractivity contribution in [2.24, 2.45) is 5.73 Å². The van der Waals surface area contributed by atoms with E-state index in [1.54, 1.807) is 0 Å². The molecule has 0 spiro atoms. The topological polar surface area (TPSA) is 150 Å². The maximum Gasteiger partial charge on any atom is 0.416 e. The van der Waals surface area contributed by atoms with E-state index in [9.17, 15) is 27.9 Å². The van der Waals surface area contributed by atoms with Crippen LogP contribution >= 0.6 is 0 Å². The number of aromatic nitrogens is 2. The quantitative estimate of drug-likeness (QED) is 0.474. The van der Waals surface area contributed by atoms with E-state index in [0.717, 1.165) is 12.1 Å². The molecule has 0 saturated carbocycles. The van der Waals surface area contributed by atoms with Gasteiger partial charge >= 0.3 is 12.1 Å². The standard InChI is InChI=1S/C19H20F3N5O4/c1-8-14(16(23)29)17(25-10-3-5-12(18(30)31)24-7-10)27-26-15(8)11-4-2-9(6-13(11)28)19(20,21)22/h2,4,6,10,12,24,28H,3,5,7H2,1H3,(H2,23,29)(H,25,27)(H,30,31)/t10-,12+/m1/s1. The van der Waals surface area contributed by atoms with Gasteiger partial charge in [-0.05, 0) is 43.5 Å². The average molecular weight is 439 g/mol. The Morgan fingerprint density at radius 3 is 2.48 bits per heavy atom. The van der Waals surface area contributed by atoms with Crippen molar-refractivity contribution in [2.75, 3.05) is 11.9 Å². The number of anilines is 1. The third kappa shape index (κ3) is 4.68. The third-order valence-electron chi connectivity index (χ3n) is 5.10. The smallest absolute Gasteiger partial charge is 0.416 e. The van der Waals surface area contributed by atoms with Gasteiger partial charge in [0.15, 0.2) is 5.82 Å². The molecule has 12 heteroatoms. The van der Waals surface area contributed by atoms with E-state index in [1.165, 1.54) is 6.92 Å². The molecule has 0 radical (unpaired) electrons. The number of aliphatic carboxylic acids is 1. The number of phenols is 1. The van der Waals surface area contributed by atoms with Gasteiger partial charge in [0, 0.05) is 18.2 Å². The molecule has 0 unspecified atom stereocenters. The fraction of sp³-hybridized carbons (Fsp3) is 0.368. The Morgan fingerprint density at radius 1 is 1.26 bits per heavy atom.